The molecule has 1 aliphatic heterocycles. The number of nitrogens with one attached hydrogen (secondary N) is 1. The van der Waals surface area contributed by atoms with E-state index in [1.807, 2.05) is 24.4 Å². The standard InChI is InChI=1S/C18H19ClIN3O/c19-14-6-7-16(20)15(11-14)18(24)22-12-13-5-4-8-21-17(13)23-9-2-1-3-10-23/h4-8,11H,1-3,9-10,12H2,(H,22,24). The maximum absolute atomic E-state index is 12.5. The van der Waals surface area contributed by atoms with Crippen LogP contribution < -0.4 is 10.2 Å². The van der Waals surface area contributed by atoms with Gasteiger partial charge in [-0.2, -0.15) is 0 Å². The summed E-state index contributed by atoms with van der Waals surface area (Å²) in [5.41, 5.74) is 1.65. The van der Waals surface area contributed by atoms with Gasteiger partial charge in [0.15, 0.2) is 0 Å². The first kappa shape index (κ1) is 17.5. The topological polar surface area (TPSA) is 45.2 Å². The molecule has 1 saturated heterocycles. The maximum atomic E-state index is 12.5. The number of halogens is 2. The van der Waals surface area contributed by atoms with Crippen LogP contribution in [0.15, 0.2) is 36.5 Å². The van der Waals surface area contributed by atoms with Gasteiger partial charge in [-0.05, 0) is 66.1 Å². The van der Waals surface area contributed by atoms with Gasteiger partial charge < -0.3 is 10.2 Å². The first-order valence-electron chi connectivity index (χ1n) is 8.07. The lowest BCUT2D eigenvalue weighted by Gasteiger charge is -2.29. The zero-order valence-electron chi connectivity index (χ0n) is 13.3. The molecule has 126 valence electrons. The molecule has 0 aliphatic carbocycles. The average molecular weight is 456 g/mol. The molecule has 0 saturated carbocycles. The van der Waals surface area contributed by atoms with Crippen molar-refractivity contribution in [3.8, 4) is 0 Å². The normalized spacial score (nSPS) is 14.5. The number of piperidine rings is 1. The zero-order chi connectivity index (χ0) is 16.9. The van der Waals surface area contributed by atoms with Gasteiger partial charge >= 0.3 is 0 Å². The fourth-order valence-electron chi connectivity index (χ4n) is 2.90. The summed E-state index contributed by atoms with van der Waals surface area (Å²) in [4.78, 5) is 19.3. The molecular formula is C18H19ClIN3O. The molecule has 1 N–H and O–H groups in total. The highest BCUT2D eigenvalue weighted by atomic mass is 127. The molecule has 1 aliphatic rings. The van der Waals surface area contributed by atoms with Crippen molar-refractivity contribution in [2.24, 2.45) is 0 Å². The van der Waals surface area contributed by atoms with Crippen molar-refractivity contribution in [1.29, 1.82) is 0 Å². The van der Waals surface area contributed by atoms with Crippen molar-refractivity contribution in [2.75, 3.05) is 18.0 Å². The number of nitrogens with zero attached hydrogens (tertiary/aromatic N) is 2. The van der Waals surface area contributed by atoms with E-state index in [4.69, 9.17) is 11.6 Å². The van der Waals surface area contributed by atoms with E-state index in [1.54, 1.807) is 12.1 Å². The van der Waals surface area contributed by atoms with Gasteiger partial charge in [-0.1, -0.05) is 17.7 Å². The number of rotatable bonds is 4. The predicted molar refractivity (Wildman–Crippen MR) is 106 cm³/mol. The largest absolute Gasteiger partial charge is 0.356 e. The van der Waals surface area contributed by atoms with Crippen molar-refractivity contribution in [3.63, 3.8) is 0 Å². The number of pyridine rings is 1. The summed E-state index contributed by atoms with van der Waals surface area (Å²) in [6.07, 6.45) is 5.49. The minimum atomic E-state index is -0.115. The van der Waals surface area contributed by atoms with Crippen molar-refractivity contribution >= 4 is 45.9 Å². The van der Waals surface area contributed by atoms with Gasteiger partial charge in [-0.3, -0.25) is 4.79 Å². The lowest BCUT2D eigenvalue weighted by atomic mass is 10.1. The fourth-order valence-corrected chi connectivity index (χ4v) is 3.65. The van der Waals surface area contributed by atoms with Crippen LogP contribution in [-0.4, -0.2) is 24.0 Å². The van der Waals surface area contributed by atoms with Crippen LogP contribution in [0.3, 0.4) is 0 Å². The highest BCUT2D eigenvalue weighted by molar-refractivity contribution is 14.1. The molecule has 0 atom stereocenters. The molecule has 2 aromatic rings. The van der Waals surface area contributed by atoms with Gasteiger partial charge in [0, 0.05) is 40.0 Å². The van der Waals surface area contributed by atoms with E-state index >= 15 is 0 Å². The van der Waals surface area contributed by atoms with Crippen molar-refractivity contribution in [1.82, 2.24) is 10.3 Å². The predicted octanol–water partition coefficient (Wildman–Crippen LogP) is 4.26. The number of benzene rings is 1. The van der Waals surface area contributed by atoms with Crippen molar-refractivity contribution in [3.05, 3.63) is 56.2 Å². The molecule has 6 heteroatoms. The number of amides is 1. The monoisotopic (exact) mass is 455 g/mol. The average Bonchev–Trinajstić information content (AvgIpc) is 2.62. The quantitative estimate of drug-likeness (QED) is 0.701. The molecule has 0 unspecified atom stereocenters. The van der Waals surface area contributed by atoms with Gasteiger partial charge in [0.25, 0.3) is 5.91 Å². The molecule has 2 heterocycles. The van der Waals surface area contributed by atoms with Gasteiger partial charge in [0.1, 0.15) is 5.82 Å². The van der Waals surface area contributed by atoms with Gasteiger partial charge in [0.05, 0.1) is 5.56 Å². The van der Waals surface area contributed by atoms with Crippen LogP contribution in [0, 0.1) is 3.57 Å². The number of carbonyl (C=O) groups excluding carboxylic acids is 1. The zero-order valence-corrected chi connectivity index (χ0v) is 16.2. The summed E-state index contributed by atoms with van der Waals surface area (Å²) in [7, 11) is 0. The highest BCUT2D eigenvalue weighted by Gasteiger charge is 2.16. The van der Waals surface area contributed by atoms with Crippen LogP contribution in [0.1, 0.15) is 35.2 Å². The Morgan fingerprint density at radius 2 is 2.04 bits per heavy atom. The summed E-state index contributed by atoms with van der Waals surface area (Å²) in [5, 5.41) is 3.56. The van der Waals surface area contributed by atoms with E-state index in [0.29, 0.717) is 17.1 Å². The summed E-state index contributed by atoms with van der Waals surface area (Å²) >= 11 is 8.15. The lowest BCUT2D eigenvalue weighted by Crippen LogP contribution is -2.32. The van der Waals surface area contributed by atoms with Crippen LogP contribution in [0.25, 0.3) is 0 Å². The molecule has 24 heavy (non-hydrogen) atoms. The Labute approximate surface area is 160 Å². The van der Waals surface area contributed by atoms with E-state index in [0.717, 1.165) is 28.0 Å². The van der Waals surface area contributed by atoms with Gasteiger partial charge in [-0.25, -0.2) is 4.98 Å². The molecule has 0 bridgehead atoms. The molecule has 1 aromatic carbocycles. The summed E-state index contributed by atoms with van der Waals surface area (Å²) in [6.45, 7) is 2.52. The smallest absolute Gasteiger partial charge is 0.252 e. The summed E-state index contributed by atoms with van der Waals surface area (Å²) in [5.74, 6) is 0.869. The van der Waals surface area contributed by atoms with Gasteiger partial charge in [0.2, 0.25) is 0 Å². The van der Waals surface area contributed by atoms with Crippen molar-refractivity contribution < 1.29 is 4.79 Å². The SMILES string of the molecule is O=C(NCc1cccnc1N1CCCCC1)c1cc(Cl)ccc1I. The van der Waals surface area contributed by atoms with Crippen LogP contribution >= 0.6 is 34.2 Å². The number of anilines is 1. The Balaban J connectivity index is 1.72. The van der Waals surface area contributed by atoms with Crippen LogP contribution in [0.4, 0.5) is 5.82 Å². The molecular weight excluding hydrogens is 437 g/mol. The Kier molecular flexibility index (Phi) is 5.94. The van der Waals surface area contributed by atoms with Crippen LogP contribution in [-0.2, 0) is 6.54 Å². The molecule has 1 amide bonds. The first-order valence-corrected chi connectivity index (χ1v) is 9.53. The van der Waals surface area contributed by atoms with Crippen LogP contribution in [0.2, 0.25) is 5.02 Å². The maximum Gasteiger partial charge on any atom is 0.252 e. The molecule has 0 spiro atoms. The van der Waals surface area contributed by atoms with E-state index < -0.39 is 0 Å². The van der Waals surface area contributed by atoms with Gasteiger partial charge in [-0.15, -0.1) is 0 Å². The van der Waals surface area contributed by atoms with E-state index in [9.17, 15) is 4.79 Å². The third kappa shape index (κ3) is 4.19. The second-order valence-electron chi connectivity index (χ2n) is 5.84. The molecule has 3 rings (SSSR count). The van der Waals surface area contributed by atoms with Crippen LogP contribution in [0.5, 0.6) is 0 Å². The third-order valence-electron chi connectivity index (χ3n) is 4.14. The Hall–Kier alpha value is -1.34. The Morgan fingerprint density at radius 3 is 2.83 bits per heavy atom. The molecule has 1 fully saturated rings. The molecule has 4 nitrogen and oxygen atoms in total. The molecule has 0 radical (unpaired) electrons. The fraction of sp³-hybridized carbons (Fsp3) is 0.333. The Morgan fingerprint density at radius 1 is 1.25 bits per heavy atom. The number of hydrogen-bond acceptors (Lipinski definition) is 3. The highest BCUT2D eigenvalue weighted by Crippen LogP contribution is 2.22. The number of hydrogen-bond donors (Lipinski definition) is 1. The number of aromatic nitrogens is 1. The third-order valence-corrected chi connectivity index (χ3v) is 5.31. The summed E-state index contributed by atoms with van der Waals surface area (Å²) < 4.78 is 0.886. The summed E-state index contributed by atoms with van der Waals surface area (Å²) in [6, 6.07) is 9.28. The lowest BCUT2D eigenvalue weighted by molar-refractivity contribution is 0.0950. The second-order valence-corrected chi connectivity index (χ2v) is 7.44. The second kappa shape index (κ2) is 8.16. The number of carbonyl (C=O) groups is 1. The minimum Gasteiger partial charge on any atom is -0.356 e. The van der Waals surface area contributed by atoms with Crippen molar-refractivity contribution in [2.45, 2.75) is 25.8 Å². The minimum absolute atomic E-state index is 0.115. The Bertz CT molecular complexity index is 732. The van der Waals surface area contributed by atoms with E-state index in [-0.39, 0.29) is 5.91 Å². The first-order chi connectivity index (χ1) is 11.6. The van der Waals surface area contributed by atoms with E-state index in [2.05, 4.69) is 37.8 Å². The van der Waals surface area contributed by atoms with E-state index in [1.165, 1.54) is 19.3 Å². The molecule has 1 aromatic heterocycles.